The minimum absolute atomic E-state index is 0.264. The minimum Gasteiger partial charge on any atom is -0.375 e. The first kappa shape index (κ1) is 10.2. The Balaban J connectivity index is 2.07. The first-order valence-electron chi connectivity index (χ1n) is 4.56. The summed E-state index contributed by atoms with van der Waals surface area (Å²) in [6.45, 7) is 4.48. The standard InChI is InChI=1S/C9H17N3O/c1-9(8-10-2)13-7-6-12-5-3-4-11-12/h3-5,9-10H,6-8H2,1-2H3. The maximum absolute atomic E-state index is 5.53. The van der Waals surface area contributed by atoms with E-state index < -0.39 is 0 Å². The van der Waals surface area contributed by atoms with Crippen molar-refractivity contribution in [2.45, 2.75) is 19.6 Å². The average Bonchev–Trinajstić information content (AvgIpc) is 2.57. The predicted octanol–water partition coefficient (Wildman–Crippen LogP) is 0.508. The Morgan fingerprint density at radius 3 is 3.08 bits per heavy atom. The quantitative estimate of drug-likeness (QED) is 0.698. The van der Waals surface area contributed by atoms with Gasteiger partial charge in [0.2, 0.25) is 0 Å². The van der Waals surface area contributed by atoms with Gasteiger partial charge in [0, 0.05) is 18.9 Å². The van der Waals surface area contributed by atoms with Crippen LogP contribution in [0.25, 0.3) is 0 Å². The van der Waals surface area contributed by atoms with Gasteiger partial charge in [-0.05, 0) is 20.0 Å². The molecular weight excluding hydrogens is 166 g/mol. The summed E-state index contributed by atoms with van der Waals surface area (Å²) in [5, 5.41) is 7.14. The number of ether oxygens (including phenoxy) is 1. The first-order valence-corrected chi connectivity index (χ1v) is 4.56. The molecule has 74 valence electrons. The Morgan fingerprint density at radius 2 is 2.46 bits per heavy atom. The number of hydrogen-bond donors (Lipinski definition) is 1. The third kappa shape index (κ3) is 4.05. The fourth-order valence-electron chi connectivity index (χ4n) is 1.13. The average molecular weight is 183 g/mol. The van der Waals surface area contributed by atoms with Crippen molar-refractivity contribution in [3.05, 3.63) is 18.5 Å². The van der Waals surface area contributed by atoms with Gasteiger partial charge in [0.25, 0.3) is 0 Å². The highest BCUT2D eigenvalue weighted by Crippen LogP contribution is 1.90. The van der Waals surface area contributed by atoms with Gasteiger partial charge in [-0.2, -0.15) is 5.10 Å². The van der Waals surface area contributed by atoms with Gasteiger partial charge in [0.15, 0.2) is 0 Å². The normalized spacial score (nSPS) is 13.1. The summed E-state index contributed by atoms with van der Waals surface area (Å²) in [5.41, 5.74) is 0. The predicted molar refractivity (Wildman–Crippen MR) is 51.6 cm³/mol. The molecule has 1 aromatic heterocycles. The molecule has 0 fully saturated rings. The van der Waals surface area contributed by atoms with Gasteiger partial charge in [0.1, 0.15) is 0 Å². The molecule has 1 atom stereocenters. The van der Waals surface area contributed by atoms with E-state index in [1.54, 1.807) is 6.20 Å². The van der Waals surface area contributed by atoms with Crippen LogP contribution in [0.5, 0.6) is 0 Å². The maximum Gasteiger partial charge on any atom is 0.0672 e. The fourth-order valence-corrected chi connectivity index (χ4v) is 1.13. The summed E-state index contributed by atoms with van der Waals surface area (Å²) in [6.07, 6.45) is 3.98. The molecule has 4 nitrogen and oxygen atoms in total. The van der Waals surface area contributed by atoms with Crippen LogP contribution in [-0.4, -0.2) is 36.1 Å². The number of hydrogen-bond acceptors (Lipinski definition) is 3. The molecule has 1 aromatic rings. The Bertz CT molecular complexity index is 211. The molecule has 1 heterocycles. The van der Waals surface area contributed by atoms with Gasteiger partial charge in [-0.1, -0.05) is 0 Å². The van der Waals surface area contributed by atoms with Gasteiger partial charge in [-0.15, -0.1) is 0 Å². The molecule has 0 spiro atoms. The van der Waals surface area contributed by atoms with Crippen molar-refractivity contribution in [3.63, 3.8) is 0 Å². The van der Waals surface area contributed by atoms with E-state index >= 15 is 0 Å². The Morgan fingerprint density at radius 1 is 1.62 bits per heavy atom. The van der Waals surface area contributed by atoms with E-state index in [0.717, 1.165) is 13.1 Å². The monoisotopic (exact) mass is 183 g/mol. The number of nitrogens with one attached hydrogen (secondary N) is 1. The number of aromatic nitrogens is 2. The van der Waals surface area contributed by atoms with Crippen molar-refractivity contribution in [2.24, 2.45) is 0 Å². The molecule has 1 N–H and O–H groups in total. The zero-order valence-corrected chi connectivity index (χ0v) is 8.23. The zero-order valence-electron chi connectivity index (χ0n) is 8.23. The van der Waals surface area contributed by atoms with Crippen molar-refractivity contribution in [1.82, 2.24) is 15.1 Å². The molecule has 4 heteroatoms. The molecule has 0 radical (unpaired) electrons. The number of rotatable bonds is 6. The summed E-state index contributed by atoms with van der Waals surface area (Å²) in [4.78, 5) is 0. The van der Waals surface area contributed by atoms with Crippen LogP contribution in [0.15, 0.2) is 18.5 Å². The lowest BCUT2D eigenvalue weighted by molar-refractivity contribution is 0.0600. The van der Waals surface area contributed by atoms with Gasteiger partial charge >= 0.3 is 0 Å². The van der Waals surface area contributed by atoms with Crippen LogP contribution in [0.1, 0.15) is 6.92 Å². The first-order chi connectivity index (χ1) is 6.33. The third-order valence-electron chi connectivity index (χ3n) is 1.77. The molecular formula is C9H17N3O. The van der Waals surface area contributed by atoms with Crippen LogP contribution in [-0.2, 0) is 11.3 Å². The minimum atomic E-state index is 0.264. The second kappa shape index (κ2) is 5.72. The molecule has 0 saturated carbocycles. The van der Waals surface area contributed by atoms with E-state index in [-0.39, 0.29) is 6.10 Å². The van der Waals surface area contributed by atoms with Crippen molar-refractivity contribution in [2.75, 3.05) is 20.2 Å². The highest BCUT2D eigenvalue weighted by atomic mass is 16.5. The van der Waals surface area contributed by atoms with Crippen molar-refractivity contribution in [3.8, 4) is 0 Å². The van der Waals surface area contributed by atoms with E-state index in [1.807, 2.05) is 24.0 Å². The molecule has 0 amide bonds. The lowest BCUT2D eigenvalue weighted by atomic mass is 10.4. The van der Waals surface area contributed by atoms with Gasteiger partial charge in [-0.25, -0.2) is 0 Å². The SMILES string of the molecule is CNCC(C)OCCn1cccn1. The topological polar surface area (TPSA) is 39.1 Å². The highest BCUT2D eigenvalue weighted by molar-refractivity contribution is 4.77. The lowest BCUT2D eigenvalue weighted by Gasteiger charge is -2.11. The van der Waals surface area contributed by atoms with Crippen LogP contribution in [0.2, 0.25) is 0 Å². The van der Waals surface area contributed by atoms with Crippen LogP contribution in [0, 0.1) is 0 Å². The Hall–Kier alpha value is -0.870. The van der Waals surface area contributed by atoms with Crippen LogP contribution in [0.3, 0.4) is 0 Å². The summed E-state index contributed by atoms with van der Waals surface area (Å²) in [6, 6.07) is 1.91. The fraction of sp³-hybridized carbons (Fsp3) is 0.667. The summed E-state index contributed by atoms with van der Waals surface area (Å²) >= 11 is 0. The highest BCUT2D eigenvalue weighted by Gasteiger charge is 1.99. The lowest BCUT2D eigenvalue weighted by Crippen LogP contribution is -2.25. The van der Waals surface area contributed by atoms with E-state index in [1.165, 1.54) is 0 Å². The van der Waals surface area contributed by atoms with Crippen molar-refractivity contribution < 1.29 is 4.74 Å². The number of nitrogens with zero attached hydrogens (tertiary/aromatic N) is 2. The summed E-state index contributed by atoms with van der Waals surface area (Å²) < 4.78 is 7.40. The molecule has 0 aliphatic carbocycles. The zero-order chi connectivity index (χ0) is 9.52. The third-order valence-corrected chi connectivity index (χ3v) is 1.77. The Labute approximate surface area is 78.9 Å². The van der Waals surface area contributed by atoms with E-state index in [0.29, 0.717) is 6.61 Å². The molecule has 13 heavy (non-hydrogen) atoms. The summed E-state index contributed by atoms with van der Waals surface area (Å²) in [7, 11) is 1.92. The molecule has 0 aliphatic rings. The van der Waals surface area contributed by atoms with Crippen LogP contribution < -0.4 is 5.32 Å². The maximum atomic E-state index is 5.53. The van der Waals surface area contributed by atoms with Crippen LogP contribution >= 0.6 is 0 Å². The second-order valence-corrected chi connectivity index (χ2v) is 3.01. The van der Waals surface area contributed by atoms with Gasteiger partial charge in [0.05, 0.1) is 19.3 Å². The molecule has 1 unspecified atom stereocenters. The smallest absolute Gasteiger partial charge is 0.0672 e. The van der Waals surface area contributed by atoms with Gasteiger partial charge < -0.3 is 10.1 Å². The van der Waals surface area contributed by atoms with Gasteiger partial charge in [-0.3, -0.25) is 4.68 Å². The molecule has 1 rings (SSSR count). The molecule has 0 aliphatic heterocycles. The van der Waals surface area contributed by atoms with E-state index in [2.05, 4.69) is 17.3 Å². The van der Waals surface area contributed by atoms with E-state index in [9.17, 15) is 0 Å². The van der Waals surface area contributed by atoms with Crippen LogP contribution in [0.4, 0.5) is 0 Å². The van der Waals surface area contributed by atoms with E-state index in [4.69, 9.17) is 4.74 Å². The second-order valence-electron chi connectivity index (χ2n) is 3.01. The van der Waals surface area contributed by atoms with Crippen molar-refractivity contribution >= 4 is 0 Å². The molecule has 0 saturated heterocycles. The summed E-state index contributed by atoms with van der Waals surface area (Å²) in [5.74, 6) is 0. The number of likely N-dealkylation sites (N-methyl/N-ethyl adjacent to an activating group) is 1. The molecule has 0 bridgehead atoms. The molecule has 0 aromatic carbocycles. The van der Waals surface area contributed by atoms with Crippen molar-refractivity contribution in [1.29, 1.82) is 0 Å². The Kier molecular flexibility index (Phi) is 4.49. The largest absolute Gasteiger partial charge is 0.375 e.